The van der Waals surface area contributed by atoms with Crippen LogP contribution >= 0.6 is 11.6 Å². The van der Waals surface area contributed by atoms with Crippen molar-refractivity contribution in [2.45, 2.75) is 19.8 Å². The molecule has 0 aromatic heterocycles. The van der Waals surface area contributed by atoms with Gasteiger partial charge in [-0.15, -0.1) is 0 Å². The molecule has 4 nitrogen and oxygen atoms in total. The smallest absolute Gasteiger partial charge is 0.239 e. The van der Waals surface area contributed by atoms with E-state index in [0.717, 1.165) is 12.1 Å². The summed E-state index contributed by atoms with van der Waals surface area (Å²) in [6, 6.07) is 14.8. The minimum atomic E-state index is -0.647. The minimum absolute atomic E-state index is 0.147. The van der Waals surface area contributed by atoms with Crippen LogP contribution in [0.4, 0.5) is 11.4 Å². The van der Waals surface area contributed by atoms with E-state index in [1.165, 1.54) is 5.56 Å². The molecule has 0 saturated carbocycles. The number of benzene rings is 2. The summed E-state index contributed by atoms with van der Waals surface area (Å²) in [4.78, 5) is 26.7. The first-order chi connectivity index (χ1) is 11.6. The molecule has 24 heavy (non-hydrogen) atoms. The molecule has 0 aliphatic carbocycles. The van der Waals surface area contributed by atoms with Gasteiger partial charge in [-0.05, 0) is 54.8 Å². The Morgan fingerprint density at radius 2 is 1.83 bits per heavy atom. The first kappa shape index (κ1) is 16.5. The third-order valence-electron chi connectivity index (χ3n) is 4.29. The van der Waals surface area contributed by atoms with Gasteiger partial charge in [0, 0.05) is 22.9 Å². The lowest BCUT2D eigenvalue weighted by molar-refractivity contribution is -0.129. The van der Waals surface area contributed by atoms with Crippen LogP contribution in [0.25, 0.3) is 0 Å². The number of nitrogens with one attached hydrogen (secondary N) is 1. The lowest BCUT2D eigenvalue weighted by Gasteiger charge is -2.17. The van der Waals surface area contributed by atoms with Crippen molar-refractivity contribution in [1.82, 2.24) is 0 Å². The normalized spacial score (nSPS) is 17.2. The van der Waals surface area contributed by atoms with Crippen LogP contribution in [0.2, 0.25) is 5.02 Å². The molecule has 1 aliphatic rings. The summed E-state index contributed by atoms with van der Waals surface area (Å²) < 4.78 is 0. The molecule has 5 heteroatoms. The van der Waals surface area contributed by atoms with Gasteiger partial charge in [-0.3, -0.25) is 9.59 Å². The Balaban J connectivity index is 1.68. The summed E-state index contributed by atoms with van der Waals surface area (Å²) >= 11 is 5.83. The lowest BCUT2D eigenvalue weighted by Crippen LogP contribution is -2.33. The van der Waals surface area contributed by atoms with Crippen LogP contribution in [0.15, 0.2) is 48.5 Å². The fourth-order valence-electron chi connectivity index (χ4n) is 2.85. The molecule has 1 fully saturated rings. The van der Waals surface area contributed by atoms with E-state index < -0.39 is 5.92 Å². The molecule has 2 aromatic rings. The van der Waals surface area contributed by atoms with E-state index >= 15 is 0 Å². The van der Waals surface area contributed by atoms with Crippen molar-refractivity contribution in [3.05, 3.63) is 59.1 Å². The summed E-state index contributed by atoms with van der Waals surface area (Å²) in [5.41, 5.74) is 2.71. The molecule has 1 atom stereocenters. The molecular formula is C19H19ClN2O2. The Morgan fingerprint density at radius 3 is 2.46 bits per heavy atom. The Morgan fingerprint density at radius 1 is 1.17 bits per heavy atom. The van der Waals surface area contributed by atoms with E-state index in [1.54, 1.807) is 29.2 Å². The molecule has 0 bridgehead atoms. The van der Waals surface area contributed by atoms with Crippen LogP contribution in [0.5, 0.6) is 0 Å². The molecule has 0 spiro atoms. The van der Waals surface area contributed by atoms with Crippen LogP contribution in [0.1, 0.15) is 18.9 Å². The third-order valence-corrected chi connectivity index (χ3v) is 4.54. The van der Waals surface area contributed by atoms with Crippen molar-refractivity contribution in [3.8, 4) is 0 Å². The minimum Gasteiger partial charge on any atom is -0.325 e. The summed E-state index contributed by atoms with van der Waals surface area (Å²) in [7, 11) is 0. The highest BCUT2D eigenvalue weighted by atomic mass is 35.5. The Kier molecular flexibility index (Phi) is 4.86. The predicted molar refractivity (Wildman–Crippen MR) is 96.4 cm³/mol. The van der Waals surface area contributed by atoms with Gasteiger partial charge >= 0.3 is 0 Å². The first-order valence-corrected chi connectivity index (χ1v) is 8.43. The van der Waals surface area contributed by atoms with Gasteiger partial charge < -0.3 is 10.2 Å². The maximum atomic E-state index is 12.6. The second kappa shape index (κ2) is 7.05. The quantitative estimate of drug-likeness (QED) is 0.857. The molecule has 2 amide bonds. The highest BCUT2D eigenvalue weighted by molar-refractivity contribution is 6.30. The van der Waals surface area contributed by atoms with Crippen LogP contribution < -0.4 is 10.2 Å². The number of carbonyl (C=O) groups excluding carboxylic acids is 2. The maximum Gasteiger partial charge on any atom is 0.239 e. The highest BCUT2D eigenvalue weighted by Crippen LogP contribution is 2.27. The van der Waals surface area contributed by atoms with E-state index in [0.29, 0.717) is 23.7 Å². The van der Waals surface area contributed by atoms with E-state index in [9.17, 15) is 9.59 Å². The topological polar surface area (TPSA) is 49.4 Å². The van der Waals surface area contributed by atoms with E-state index in [1.807, 2.05) is 24.3 Å². The van der Waals surface area contributed by atoms with Crippen molar-refractivity contribution in [2.75, 3.05) is 16.8 Å². The van der Waals surface area contributed by atoms with Crippen molar-refractivity contribution in [3.63, 3.8) is 0 Å². The molecule has 2 aromatic carbocycles. The zero-order valence-electron chi connectivity index (χ0n) is 13.5. The Labute approximate surface area is 146 Å². The zero-order chi connectivity index (χ0) is 17.1. The summed E-state index contributed by atoms with van der Waals surface area (Å²) in [5.74, 6) is -1.06. The second-order valence-electron chi connectivity index (χ2n) is 5.85. The second-order valence-corrected chi connectivity index (χ2v) is 6.28. The highest BCUT2D eigenvalue weighted by Gasteiger charge is 2.37. The van der Waals surface area contributed by atoms with Crippen molar-refractivity contribution >= 4 is 34.8 Å². The number of rotatable bonds is 4. The molecule has 1 N–H and O–H groups in total. The molecule has 124 valence electrons. The number of carbonyl (C=O) groups is 2. The summed E-state index contributed by atoms with van der Waals surface area (Å²) in [6.45, 7) is 2.65. The number of anilines is 2. The van der Waals surface area contributed by atoms with Gasteiger partial charge in [0.1, 0.15) is 5.92 Å². The van der Waals surface area contributed by atoms with Crippen LogP contribution in [0.3, 0.4) is 0 Å². The maximum absolute atomic E-state index is 12.6. The van der Waals surface area contributed by atoms with Crippen molar-refractivity contribution < 1.29 is 9.59 Å². The van der Waals surface area contributed by atoms with Gasteiger partial charge in [0.15, 0.2) is 0 Å². The number of halogens is 1. The average Bonchev–Trinajstić information content (AvgIpc) is 2.98. The van der Waals surface area contributed by atoms with Gasteiger partial charge in [0.25, 0.3) is 0 Å². The number of hydrogen-bond donors (Lipinski definition) is 1. The molecule has 0 radical (unpaired) electrons. The van der Waals surface area contributed by atoms with Crippen LogP contribution in [0, 0.1) is 5.92 Å². The van der Waals surface area contributed by atoms with Crippen molar-refractivity contribution in [2.24, 2.45) is 5.92 Å². The molecule has 0 unspecified atom stereocenters. The lowest BCUT2D eigenvalue weighted by atomic mass is 10.1. The Bertz CT molecular complexity index is 741. The zero-order valence-corrected chi connectivity index (χ0v) is 14.2. The number of aryl methyl sites for hydroxylation is 1. The van der Waals surface area contributed by atoms with Gasteiger partial charge in [-0.1, -0.05) is 30.7 Å². The molecular weight excluding hydrogens is 324 g/mol. The average molecular weight is 343 g/mol. The summed E-state index contributed by atoms with van der Waals surface area (Å²) in [5, 5.41) is 3.39. The third kappa shape index (κ3) is 3.44. The largest absolute Gasteiger partial charge is 0.325 e. The Hall–Kier alpha value is -2.33. The number of amides is 2. The monoisotopic (exact) mass is 342 g/mol. The molecule has 3 rings (SSSR count). The first-order valence-electron chi connectivity index (χ1n) is 8.05. The number of hydrogen-bond acceptors (Lipinski definition) is 2. The SMILES string of the molecule is CCc1ccc(N2CC[C@H](C(=O)Nc3ccc(Cl)cc3)C2=O)cc1. The van der Waals surface area contributed by atoms with E-state index in [-0.39, 0.29) is 11.8 Å². The van der Waals surface area contributed by atoms with Gasteiger partial charge in [0.05, 0.1) is 0 Å². The van der Waals surface area contributed by atoms with Gasteiger partial charge in [-0.2, -0.15) is 0 Å². The van der Waals surface area contributed by atoms with Crippen LogP contribution in [-0.4, -0.2) is 18.4 Å². The van der Waals surface area contributed by atoms with E-state index in [4.69, 9.17) is 11.6 Å². The summed E-state index contributed by atoms with van der Waals surface area (Å²) in [6.07, 6.45) is 1.48. The fourth-order valence-corrected chi connectivity index (χ4v) is 2.98. The fraction of sp³-hybridized carbons (Fsp3) is 0.263. The molecule has 1 aliphatic heterocycles. The predicted octanol–water partition coefficient (Wildman–Crippen LogP) is 3.89. The number of nitrogens with zero attached hydrogens (tertiary/aromatic N) is 1. The van der Waals surface area contributed by atoms with Crippen LogP contribution in [-0.2, 0) is 16.0 Å². The standard InChI is InChI=1S/C19H19ClN2O2/c1-2-13-3-9-16(10-4-13)22-12-11-17(19(22)24)18(23)21-15-7-5-14(20)6-8-15/h3-10,17H,2,11-12H2,1H3,(H,21,23)/t17-/m1/s1. The van der Waals surface area contributed by atoms with Crippen molar-refractivity contribution in [1.29, 1.82) is 0 Å². The molecule has 1 saturated heterocycles. The van der Waals surface area contributed by atoms with Gasteiger partial charge in [-0.25, -0.2) is 0 Å². The van der Waals surface area contributed by atoms with Gasteiger partial charge in [0.2, 0.25) is 11.8 Å². The molecule has 1 heterocycles. The van der Waals surface area contributed by atoms with E-state index in [2.05, 4.69) is 12.2 Å².